The van der Waals surface area contributed by atoms with Gasteiger partial charge in [0.05, 0.1) is 13.2 Å². The van der Waals surface area contributed by atoms with Crippen LogP contribution in [0.4, 0.5) is 10.1 Å². The Morgan fingerprint density at radius 2 is 1.85 bits per heavy atom. The van der Waals surface area contributed by atoms with E-state index in [1.165, 1.54) is 12.1 Å². The summed E-state index contributed by atoms with van der Waals surface area (Å²) in [6, 6.07) is 5.86. The third-order valence-corrected chi connectivity index (χ3v) is 3.55. The molecule has 5 heteroatoms. The molecule has 4 nitrogen and oxygen atoms in total. The SMILES string of the molecule is CCN(C(=O)CN(C)C(C)(C)CO)c1ccc(F)cc1. The minimum absolute atomic E-state index is 0.0283. The molecule has 0 saturated carbocycles. The van der Waals surface area contributed by atoms with Crippen molar-refractivity contribution in [1.82, 2.24) is 4.90 Å². The topological polar surface area (TPSA) is 43.8 Å². The van der Waals surface area contributed by atoms with Crippen LogP contribution in [0.5, 0.6) is 0 Å². The smallest absolute Gasteiger partial charge is 0.241 e. The van der Waals surface area contributed by atoms with Crippen molar-refractivity contribution in [2.75, 3.05) is 31.6 Å². The van der Waals surface area contributed by atoms with Crippen molar-refractivity contribution < 1.29 is 14.3 Å². The van der Waals surface area contributed by atoms with E-state index in [0.717, 1.165) is 0 Å². The third kappa shape index (κ3) is 4.02. The summed E-state index contributed by atoms with van der Waals surface area (Å²) in [5, 5.41) is 9.31. The molecule has 1 aromatic rings. The fourth-order valence-corrected chi connectivity index (χ4v) is 1.75. The molecule has 1 rings (SSSR count). The molecule has 0 atom stereocenters. The van der Waals surface area contributed by atoms with Crippen LogP contribution in [-0.4, -0.2) is 48.2 Å². The summed E-state index contributed by atoms with van der Waals surface area (Å²) in [7, 11) is 1.80. The van der Waals surface area contributed by atoms with Crippen LogP contribution >= 0.6 is 0 Å². The molecule has 0 unspecified atom stereocenters. The average Bonchev–Trinajstić information content (AvgIpc) is 2.41. The number of hydrogen-bond acceptors (Lipinski definition) is 3. The number of nitrogens with zero attached hydrogens (tertiary/aromatic N) is 2. The van der Waals surface area contributed by atoms with Gasteiger partial charge >= 0.3 is 0 Å². The zero-order chi connectivity index (χ0) is 15.3. The molecular formula is C15H23FN2O2. The highest BCUT2D eigenvalue weighted by molar-refractivity contribution is 5.94. The molecule has 0 heterocycles. The molecule has 0 aliphatic carbocycles. The van der Waals surface area contributed by atoms with Gasteiger partial charge in [0.15, 0.2) is 0 Å². The Balaban J connectivity index is 2.80. The van der Waals surface area contributed by atoms with Crippen LogP contribution in [0.2, 0.25) is 0 Å². The van der Waals surface area contributed by atoms with Gasteiger partial charge in [-0.15, -0.1) is 0 Å². The summed E-state index contributed by atoms with van der Waals surface area (Å²) in [6.07, 6.45) is 0. The number of carbonyl (C=O) groups is 1. The summed E-state index contributed by atoms with van der Waals surface area (Å²) in [5.74, 6) is -0.404. The van der Waals surface area contributed by atoms with Gasteiger partial charge in [-0.2, -0.15) is 0 Å². The highest BCUT2D eigenvalue weighted by Gasteiger charge is 2.26. The van der Waals surface area contributed by atoms with Crippen LogP contribution < -0.4 is 4.90 Å². The Morgan fingerprint density at radius 3 is 2.30 bits per heavy atom. The highest BCUT2D eigenvalue weighted by atomic mass is 19.1. The van der Waals surface area contributed by atoms with Gasteiger partial charge in [0, 0.05) is 17.8 Å². The fraction of sp³-hybridized carbons (Fsp3) is 0.533. The third-order valence-electron chi connectivity index (χ3n) is 3.55. The number of anilines is 1. The van der Waals surface area contributed by atoms with Gasteiger partial charge in [-0.3, -0.25) is 9.69 Å². The number of halogens is 1. The lowest BCUT2D eigenvalue weighted by molar-refractivity contribution is -0.120. The molecule has 0 bridgehead atoms. The molecule has 0 saturated heterocycles. The Kier molecular flexibility index (Phi) is 5.65. The number of aliphatic hydroxyl groups excluding tert-OH is 1. The molecule has 1 amide bonds. The first-order chi connectivity index (χ1) is 9.31. The van der Waals surface area contributed by atoms with Crippen molar-refractivity contribution in [1.29, 1.82) is 0 Å². The quantitative estimate of drug-likeness (QED) is 0.866. The van der Waals surface area contributed by atoms with Gasteiger partial charge in [-0.25, -0.2) is 4.39 Å². The second-order valence-electron chi connectivity index (χ2n) is 5.44. The normalized spacial score (nSPS) is 11.8. The van der Waals surface area contributed by atoms with Crippen molar-refractivity contribution in [3.8, 4) is 0 Å². The Hall–Kier alpha value is -1.46. The maximum Gasteiger partial charge on any atom is 0.241 e. The molecule has 0 aliphatic rings. The predicted molar refractivity (Wildman–Crippen MR) is 78.2 cm³/mol. The lowest BCUT2D eigenvalue weighted by Gasteiger charge is -2.34. The zero-order valence-electron chi connectivity index (χ0n) is 12.6. The molecule has 112 valence electrons. The maximum absolute atomic E-state index is 12.9. The number of carbonyl (C=O) groups excluding carboxylic acids is 1. The van der Waals surface area contributed by atoms with Gasteiger partial charge in [0.2, 0.25) is 5.91 Å². The van der Waals surface area contributed by atoms with E-state index in [1.807, 2.05) is 25.7 Å². The van der Waals surface area contributed by atoms with Crippen LogP contribution in [0.25, 0.3) is 0 Å². The van der Waals surface area contributed by atoms with E-state index in [1.54, 1.807) is 24.1 Å². The number of rotatable bonds is 6. The van der Waals surface area contributed by atoms with Crippen LogP contribution in [0, 0.1) is 5.82 Å². The first kappa shape index (κ1) is 16.6. The molecule has 20 heavy (non-hydrogen) atoms. The number of likely N-dealkylation sites (N-methyl/N-ethyl adjacent to an activating group) is 2. The first-order valence-corrected chi connectivity index (χ1v) is 6.70. The molecule has 0 radical (unpaired) electrons. The van der Waals surface area contributed by atoms with Crippen LogP contribution in [0.3, 0.4) is 0 Å². The van der Waals surface area contributed by atoms with Crippen molar-refractivity contribution in [2.45, 2.75) is 26.3 Å². The van der Waals surface area contributed by atoms with Crippen LogP contribution in [0.15, 0.2) is 24.3 Å². The summed E-state index contributed by atoms with van der Waals surface area (Å²) < 4.78 is 12.9. The molecule has 0 spiro atoms. The van der Waals surface area contributed by atoms with Crippen molar-refractivity contribution >= 4 is 11.6 Å². The Bertz CT molecular complexity index is 446. The summed E-state index contributed by atoms with van der Waals surface area (Å²) in [5.41, 5.74) is 0.215. The first-order valence-electron chi connectivity index (χ1n) is 6.70. The number of benzene rings is 1. The predicted octanol–water partition coefficient (Wildman–Crippen LogP) is 1.88. The number of hydrogen-bond donors (Lipinski definition) is 1. The molecule has 0 fully saturated rings. The standard InChI is InChI=1S/C15H23FN2O2/c1-5-18(13-8-6-12(16)7-9-13)14(20)10-17(4)15(2,3)11-19/h6-9,19H,5,10-11H2,1-4H3. The van der Waals surface area contributed by atoms with Crippen LogP contribution in [-0.2, 0) is 4.79 Å². The molecule has 1 aromatic carbocycles. The van der Waals surface area contributed by atoms with E-state index >= 15 is 0 Å². The van der Waals surface area contributed by atoms with E-state index in [4.69, 9.17) is 0 Å². The Labute approximate surface area is 119 Å². The van der Waals surface area contributed by atoms with Gasteiger partial charge in [-0.1, -0.05) is 0 Å². The second kappa shape index (κ2) is 6.81. The largest absolute Gasteiger partial charge is 0.394 e. The maximum atomic E-state index is 12.9. The molecular weight excluding hydrogens is 259 g/mol. The lowest BCUT2D eigenvalue weighted by Crippen LogP contribution is -2.49. The summed E-state index contributed by atoms with van der Waals surface area (Å²) in [6.45, 7) is 6.29. The second-order valence-corrected chi connectivity index (χ2v) is 5.44. The van der Waals surface area contributed by atoms with E-state index in [-0.39, 0.29) is 24.9 Å². The molecule has 0 aliphatic heterocycles. The van der Waals surface area contributed by atoms with Gasteiger partial charge in [0.25, 0.3) is 0 Å². The van der Waals surface area contributed by atoms with Gasteiger partial charge in [-0.05, 0) is 52.1 Å². The van der Waals surface area contributed by atoms with Gasteiger partial charge in [0.1, 0.15) is 5.82 Å². The average molecular weight is 282 g/mol. The fourth-order valence-electron chi connectivity index (χ4n) is 1.75. The minimum Gasteiger partial charge on any atom is -0.394 e. The van der Waals surface area contributed by atoms with Crippen LogP contribution in [0.1, 0.15) is 20.8 Å². The van der Waals surface area contributed by atoms with E-state index < -0.39 is 5.54 Å². The van der Waals surface area contributed by atoms with E-state index in [0.29, 0.717) is 12.2 Å². The summed E-state index contributed by atoms with van der Waals surface area (Å²) in [4.78, 5) is 15.7. The lowest BCUT2D eigenvalue weighted by atomic mass is 10.1. The van der Waals surface area contributed by atoms with E-state index in [9.17, 15) is 14.3 Å². The van der Waals surface area contributed by atoms with Crippen molar-refractivity contribution in [3.63, 3.8) is 0 Å². The number of aliphatic hydroxyl groups is 1. The molecule has 1 N–H and O–H groups in total. The monoisotopic (exact) mass is 282 g/mol. The van der Waals surface area contributed by atoms with Gasteiger partial charge < -0.3 is 10.0 Å². The van der Waals surface area contributed by atoms with Crippen molar-refractivity contribution in [3.05, 3.63) is 30.1 Å². The zero-order valence-corrected chi connectivity index (χ0v) is 12.6. The van der Waals surface area contributed by atoms with E-state index in [2.05, 4.69) is 0 Å². The minimum atomic E-state index is -0.460. The number of amides is 1. The molecule has 0 aromatic heterocycles. The highest BCUT2D eigenvalue weighted by Crippen LogP contribution is 2.17. The van der Waals surface area contributed by atoms with Crippen molar-refractivity contribution in [2.24, 2.45) is 0 Å². The summed E-state index contributed by atoms with van der Waals surface area (Å²) >= 11 is 0. The Morgan fingerprint density at radius 1 is 1.30 bits per heavy atom.